The van der Waals surface area contributed by atoms with Crippen LogP contribution in [0.1, 0.15) is 155 Å². The number of rotatable bonds is 26. The minimum Gasteiger partial charge on any atom is -0.463 e. The summed E-state index contributed by atoms with van der Waals surface area (Å²) >= 11 is 0. The highest BCUT2D eigenvalue weighted by molar-refractivity contribution is 5.88. The summed E-state index contributed by atoms with van der Waals surface area (Å²) in [6.07, 6.45) is 26.4. The van der Waals surface area contributed by atoms with Gasteiger partial charge < -0.3 is 19.9 Å². The fraction of sp³-hybridized carbons (Fsp3) is 0.903. The van der Waals surface area contributed by atoms with Gasteiger partial charge >= 0.3 is 11.9 Å². The first-order valence-electron chi connectivity index (χ1n) is 15.8. The molecule has 1 heterocycles. The zero-order valence-corrected chi connectivity index (χ0v) is 24.3. The molecule has 0 saturated carbocycles. The third kappa shape index (κ3) is 20.3. The van der Waals surface area contributed by atoms with E-state index < -0.39 is 18.1 Å². The number of unbranched alkanes of at least 4 members (excludes halogenated alkanes) is 19. The molecule has 222 valence electrons. The van der Waals surface area contributed by atoms with E-state index in [0.717, 1.165) is 19.3 Å². The zero-order chi connectivity index (χ0) is 27.7. The highest BCUT2D eigenvalue weighted by atomic mass is 16.6. The maximum Gasteiger partial charge on any atom is 0.328 e. The lowest BCUT2D eigenvalue weighted by Gasteiger charge is -2.14. The highest BCUT2D eigenvalue weighted by Gasteiger charge is 2.28. The summed E-state index contributed by atoms with van der Waals surface area (Å²) in [5.74, 6) is -1.07. The van der Waals surface area contributed by atoms with Gasteiger partial charge in [0.05, 0.1) is 0 Å². The van der Waals surface area contributed by atoms with Crippen molar-refractivity contribution in [3.8, 4) is 0 Å². The van der Waals surface area contributed by atoms with Crippen LogP contribution < -0.4 is 5.32 Å². The molecular weight excluding hydrogens is 482 g/mol. The number of carbonyl (C=O) groups excluding carboxylic acids is 3. The Balaban J connectivity index is 1.77. The van der Waals surface area contributed by atoms with Crippen molar-refractivity contribution in [1.29, 1.82) is 0 Å². The van der Waals surface area contributed by atoms with Crippen LogP contribution in [0, 0.1) is 0 Å². The Hall–Kier alpha value is -1.63. The molecule has 0 aromatic rings. The van der Waals surface area contributed by atoms with E-state index in [1.807, 2.05) is 0 Å². The highest BCUT2D eigenvalue weighted by Crippen LogP contribution is 2.15. The maximum absolute atomic E-state index is 11.8. The van der Waals surface area contributed by atoms with Crippen molar-refractivity contribution in [1.82, 2.24) is 5.32 Å². The number of aliphatic hydroxyl groups is 1. The topological polar surface area (TPSA) is 102 Å². The number of aliphatic hydroxyl groups excluding tert-OH is 1. The molecule has 2 atom stereocenters. The van der Waals surface area contributed by atoms with E-state index in [1.165, 1.54) is 109 Å². The summed E-state index contributed by atoms with van der Waals surface area (Å²) in [5, 5.41) is 12.4. The Bertz CT molecular complexity index is 611. The minimum atomic E-state index is -1.06. The molecule has 0 aromatic heterocycles. The van der Waals surface area contributed by atoms with Crippen molar-refractivity contribution in [2.24, 2.45) is 0 Å². The maximum atomic E-state index is 11.8. The van der Waals surface area contributed by atoms with Gasteiger partial charge in [0, 0.05) is 12.8 Å². The molecule has 0 aliphatic carbocycles. The standard InChI is InChI=1S/C31H57NO6/c1-2-3-4-5-6-7-8-9-10-11-12-13-14-15-16-17-18-19-20-21-22-30(35)37-25-27(33)26-38-31(36)28-23-24-29(34)32-28/h27-28,33H,2-26H2,1H3,(H,32,34)/t27?,28-/m0/s1. The van der Waals surface area contributed by atoms with Crippen molar-refractivity contribution in [2.75, 3.05) is 13.2 Å². The third-order valence-corrected chi connectivity index (χ3v) is 7.37. The first kappa shape index (κ1) is 34.4. The molecule has 7 nitrogen and oxygen atoms in total. The number of nitrogens with one attached hydrogen (secondary N) is 1. The fourth-order valence-corrected chi connectivity index (χ4v) is 4.90. The van der Waals surface area contributed by atoms with Crippen molar-refractivity contribution in [3.63, 3.8) is 0 Å². The number of ether oxygens (including phenoxy) is 2. The first-order valence-corrected chi connectivity index (χ1v) is 15.8. The van der Waals surface area contributed by atoms with Gasteiger partial charge in [0.15, 0.2) is 0 Å². The van der Waals surface area contributed by atoms with Crippen molar-refractivity contribution < 1.29 is 29.0 Å². The Kier molecular flexibility index (Phi) is 22.1. The molecule has 2 N–H and O–H groups in total. The third-order valence-electron chi connectivity index (χ3n) is 7.37. The molecule has 1 fully saturated rings. The van der Waals surface area contributed by atoms with E-state index in [2.05, 4.69) is 12.2 Å². The van der Waals surface area contributed by atoms with Crippen molar-refractivity contribution >= 4 is 17.8 Å². The molecular formula is C31H57NO6. The number of amides is 1. The molecule has 1 amide bonds. The lowest BCUT2D eigenvalue weighted by molar-refractivity contribution is -0.154. The quantitative estimate of drug-likeness (QED) is 0.0913. The van der Waals surface area contributed by atoms with Gasteiger partial charge in [-0.2, -0.15) is 0 Å². The van der Waals surface area contributed by atoms with Crippen LogP contribution in [0.15, 0.2) is 0 Å². The molecule has 1 rings (SSSR count). The van der Waals surface area contributed by atoms with Crippen LogP contribution in [0.3, 0.4) is 0 Å². The predicted octanol–water partition coefficient (Wildman–Crippen LogP) is 6.92. The van der Waals surface area contributed by atoms with Gasteiger partial charge in [-0.15, -0.1) is 0 Å². The van der Waals surface area contributed by atoms with Gasteiger partial charge in [0.1, 0.15) is 25.4 Å². The van der Waals surface area contributed by atoms with Crippen molar-refractivity contribution in [2.45, 2.75) is 167 Å². The summed E-state index contributed by atoms with van der Waals surface area (Å²) in [6.45, 7) is 1.83. The second-order valence-corrected chi connectivity index (χ2v) is 11.1. The second kappa shape index (κ2) is 24.4. The van der Waals surface area contributed by atoms with Crippen LogP contribution in [-0.4, -0.2) is 48.3 Å². The minimum absolute atomic E-state index is 0.175. The van der Waals surface area contributed by atoms with E-state index in [4.69, 9.17) is 9.47 Å². The van der Waals surface area contributed by atoms with Crippen LogP contribution in [0.4, 0.5) is 0 Å². The summed E-state index contributed by atoms with van der Waals surface area (Å²) < 4.78 is 10.0. The van der Waals surface area contributed by atoms with Crippen LogP contribution in [-0.2, 0) is 23.9 Å². The van der Waals surface area contributed by atoms with E-state index in [1.54, 1.807) is 0 Å². The lowest BCUT2D eigenvalue weighted by atomic mass is 10.0. The predicted molar refractivity (Wildman–Crippen MR) is 152 cm³/mol. The molecule has 38 heavy (non-hydrogen) atoms. The van der Waals surface area contributed by atoms with E-state index >= 15 is 0 Å². The molecule has 1 unspecified atom stereocenters. The molecule has 1 aliphatic rings. The Morgan fingerprint density at radius 1 is 0.737 bits per heavy atom. The number of hydrogen-bond donors (Lipinski definition) is 2. The first-order chi connectivity index (χ1) is 18.5. The van der Waals surface area contributed by atoms with Gasteiger partial charge in [0.2, 0.25) is 5.91 Å². The molecule has 0 spiro atoms. The summed E-state index contributed by atoms with van der Waals surface area (Å²) in [7, 11) is 0. The molecule has 0 bridgehead atoms. The van der Waals surface area contributed by atoms with Gasteiger partial charge in [0.25, 0.3) is 0 Å². The lowest BCUT2D eigenvalue weighted by Crippen LogP contribution is -2.36. The largest absolute Gasteiger partial charge is 0.463 e. The van der Waals surface area contributed by atoms with Gasteiger partial charge in [-0.25, -0.2) is 4.79 Å². The van der Waals surface area contributed by atoms with Gasteiger partial charge in [-0.1, -0.05) is 129 Å². The summed E-state index contributed by atoms with van der Waals surface area (Å²) in [5.41, 5.74) is 0. The molecule has 1 aliphatic heterocycles. The fourth-order valence-electron chi connectivity index (χ4n) is 4.90. The van der Waals surface area contributed by atoms with E-state index in [0.29, 0.717) is 19.3 Å². The van der Waals surface area contributed by atoms with Crippen LogP contribution in [0.25, 0.3) is 0 Å². The SMILES string of the molecule is CCCCCCCCCCCCCCCCCCCCCCC(=O)OCC(O)COC(=O)[C@@H]1CCC(=O)N1. The Morgan fingerprint density at radius 3 is 1.58 bits per heavy atom. The molecule has 7 heteroatoms. The molecule has 1 saturated heterocycles. The number of esters is 2. The summed E-state index contributed by atoms with van der Waals surface area (Å²) in [6, 6.07) is -0.642. The summed E-state index contributed by atoms with van der Waals surface area (Å²) in [4.78, 5) is 34.7. The average molecular weight is 540 g/mol. The Labute approximate surface area is 232 Å². The van der Waals surface area contributed by atoms with Gasteiger partial charge in [-0.3, -0.25) is 9.59 Å². The molecule has 0 aromatic carbocycles. The van der Waals surface area contributed by atoms with Crippen molar-refractivity contribution in [3.05, 3.63) is 0 Å². The number of hydrogen-bond acceptors (Lipinski definition) is 6. The van der Waals surface area contributed by atoms with Gasteiger partial charge in [-0.05, 0) is 12.8 Å². The number of carbonyl (C=O) groups is 3. The monoisotopic (exact) mass is 539 g/mol. The van der Waals surface area contributed by atoms with E-state index in [-0.39, 0.29) is 25.1 Å². The zero-order valence-electron chi connectivity index (χ0n) is 24.3. The smallest absolute Gasteiger partial charge is 0.328 e. The van der Waals surface area contributed by atoms with Crippen LogP contribution in [0.2, 0.25) is 0 Å². The Morgan fingerprint density at radius 2 is 1.16 bits per heavy atom. The molecule has 0 radical (unpaired) electrons. The second-order valence-electron chi connectivity index (χ2n) is 11.1. The normalized spacial score (nSPS) is 15.8. The van der Waals surface area contributed by atoms with E-state index in [9.17, 15) is 19.5 Å². The van der Waals surface area contributed by atoms with Crippen LogP contribution in [0.5, 0.6) is 0 Å². The van der Waals surface area contributed by atoms with Crippen LogP contribution >= 0.6 is 0 Å². The average Bonchev–Trinajstić information content (AvgIpc) is 3.35.